The summed E-state index contributed by atoms with van der Waals surface area (Å²) in [4.78, 5) is 12.2. The van der Waals surface area contributed by atoms with E-state index in [-0.39, 0.29) is 11.6 Å². The summed E-state index contributed by atoms with van der Waals surface area (Å²) in [6.07, 6.45) is 0. The molecule has 4 nitrogen and oxygen atoms in total. The molecule has 0 amide bonds. The van der Waals surface area contributed by atoms with E-state index < -0.39 is 25.0 Å². The first-order valence-corrected chi connectivity index (χ1v) is 12.7. The van der Waals surface area contributed by atoms with E-state index in [0.717, 1.165) is 18.3 Å². The summed E-state index contributed by atoms with van der Waals surface area (Å²) in [7, 11) is 0. The van der Waals surface area contributed by atoms with E-state index in [0.29, 0.717) is 5.75 Å². The van der Waals surface area contributed by atoms with Crippen LogP contribution in [0.5, 0.6) is 11.5 Å². The van der Waals surface area contributed by atoms with E-state index in [1.54, 1.807) is 24.3 Å². The second-order valence-corrected chi connectivity index (χ2v) is 12.2. The zero-order valence-corrected chi connectivity index (χ0v) is 16.7. The van der Waals surface area contributed by atoms with Crippen LogP contribution in [-0.2, 0) is 7.90 Å². The molecule has 0 atom stereocenters. The van der Waals surface area contributed by atoms with Gasteiger partial charge in [-0.3, -0.25) is 0 Å². The fourth-order valence-electron chi connectivity index (χ4n) is 2.97. The summed E-state index contributed by atoms with van der Waals surface area (Å²) in [5.74, 6) is -0.499. The Morgan fingerprint density at radius 2 is 1.42 bits per heavy atom. The summed E-state index contributed by atoms with van der Waals surface area (Å²) < 4.78 is 14.0. The van der Waals surface area contributed by atoms with E-state index in [4.69, 9.17) is 17.8 Å². The van der Waals surface area contributed by atoms with Crippen LogP contribution < -0.4 is 10.3 Å². The average molecular weight is 482 g/mol. The molecule has 3 aromatic rings. The van der Waals surface area contributed by atoms with Crippen molar-refractivity contribution in [2.24, 2.45) is 0 Å². The van der Waals surface area contributed by atoms with Crippen LogP contribution in [0.3, 0.4) is 0 Å². The Kier molecular flexibility index (Phi) is 4.54. The molecule has 1 heterocycles. The number of para-hydroxylation sites is 2. The molecule has 0 bridgehead atoms. The van der Waals surface area contributed by atoms with Crippen molar-refractivity contribution < 1.29 is 16.1 Å². The van der Waals surface area contributed by atoms with Gasteiger partial charge in [0, 0.05) is 0 Å². The number of carbonyl (C=O) groups is 1. The van der Waals surface area contributed by atoms with E-state index in [9.17, 15) is 9.90 Å². The second-order valence-electron chi connectivity index (χ2n) is 5.64. The van der Waals surface area contributed by atoms with E-state index in [2.05, 4.69) is 0 Å². The Labute approximate surface area is 160 Å². The molecule has 1 aliphatic heterocycles. The van der Waals surface area contributed by atoms with Gasteiger partial charge in [0.15, 0.2) is 0 Å². The monoisotopic (exact) mass is 484 g/mol. The van der Waals surface area contributed by atoms with E-state index in [1.807, 2.05) is 48.5 Å². The molecule has 0 aromatic heterocycles. The molecule has 132 valence electrons. The Morgan fingerprint density at radius 3 is 2.00 bits per heavy atom. The van der Waals surface area contributed by atoms with Gasteiger partial charge in [-0.15, -0.1) is 0 Å². The fourth-order valence-corrected chi connectivity index (χ4v) is 11.2. The number of halogens is 1. The standard InChI is InChI=1S/C20H15ClO4Te/c21-13-20(23)25-26(24-17-10-4-3-9-16(17)22)18-11-5-1-7-14(18)15-8-2-6-12-19(15)26/h1-12,22H,13H2. The van der Waals surface area contributed by atoms with Gasteiger partial charge in [-0.2, -0.15) is 0 Å². The third kappa shape index (κ3) is 2.73. The predicted molar refractivity (Wildman–Crippen MR) is 102 cm³/mol. The van der Waals surface area contributed by atoms with Crippen molar-refractivity contribution in [2.45, 2.75) is 0 Å². The maximum absolute atomic E-state index is 12.2. The third-order valence-corrected chi connectivity index (χ3v) is 12.0. The number of hydrogen-bond donors (Lipinski definition) is 1. The molecule has 0 saturated heterocycles. The quantitative estimate of drug-likeness (QED) is 0.459. The number of rotatable bonds is 4. The van der Waals surface area contributed by atoms with Crippen molar-refractivity contribution in [2.75, 3.05) is 5.88 Å². The van der Waals surface area contributed by atoms with Crippen LogP contribution in [-0.4, -0.2) is 36.0 Å². The molecule has 0 aliphatic carbocycles. The van der Waals surface area contributed by atoms with Crippen LogP contribution >= 0.6 is 11.6 Å². The van der Waals surface area contributed by atoms with Gasteiger partial charge in [-0.1, -0.05) is 0 Å². The minimum atomic E-state index is -4.13. The number of phenols is 1. The van der Waals surface area contributed by atoms with Gasteiger partial charge >= 0.3 is 161 Å². The van der Waals surface area contributed by atoms with Gasteiger partial charge < -0.3 is 0 Å². The first-order valence-electron chi connectivity index (χ1n) is 7.93. The van der Waals surface area contributed by atoms with E-state index >= 15 is 0 Å². The van der Waals surface area contributed by atoms with Gasteiger partial charge in [-0.25, -0.2) is 0 Å². The van der Waals surface area contributed by atoms with Crippen LogP contribution in [0.25, 0.3) is 11.1 Å². The molecule has 0 saturated carbocycles. The third-order valence-electron chi connectivity index (χ3n) is 4.04. The van der Waals surface area contributed by atoms with Gasteiger partial charge in [0.25, 0.3) is 0 Å². The number of hydrogen-bond acceptors (Lipinski definition) is 4. The van der Waals surface area contributed by atoms with Crippen molar-refractivity contribution in [1.29, 1.82) is 0 Å². The zero-order valence-electron chi connectivity index (χ0n) is 13.6. The van der Waals surface area contributed by atoms with Crippen LogP contribution in [0, 0.1) is 0 Å². The number of fused-ring (bicyclic) bond motifs is 3. The Morgan fingerprint density at radius 1 is 0.885 bits per heavy atom. The number of alkyl halides is 1. The molecule has 6 heteroatoms. The second kappa shape index (κ2) is 6.85. The van der Waals surface area contributed by atoms with E-state index in [1.165, 1.54) is 0 Å². The number of aromatic hydroxyl groups is 1. The molecular formula is C20H15ClO4Te. The summed E-state index contributed by atoms with van der Waals surface area (Å²) in [5.41, 5.74) is 1.98. The Hall–Kier alpha value is -2.19. The van der Waals surface area contributed by atoms with Crippen LogP contribution in [0.4, 0.5) is 0 Å². The van der Waals surface area contributed by atoms with Crippen molar-refractivity contribution in [3.05, 3.63) is 72.8 Å². The molecule has 0 spiro atoms. The van der Waals surface area contributed by atoms with Crippen molar-refractivity contribution >= 4 is 43.8 Å². The molecular weight excluding hydrogens is 467 g/mol. The molecule has 1 aliphatic rings. The minimum absolute atomic E-state index is 0.00181. The molecule has 0 unspecified atom stereocenters. The molecule has 0 fully saturated rings. The van der Waals surface area contributed by atoms with Gasteiger partial charge in [0.2, 0.25) is 0 Å². The Balaban J connectivity index is 1.96. The normalized spacial score (nSPS) is 14.8. The molecule has 26 heavy (non-hydrogen) atoms. The molecule has 3 aromatic carbocycles. The number of carbonyl (C=O) groups excluding carboxylic acids is 1. The topological polar surface area (TPSA) is 55.8 Å². The first kappa shape index (κ1) is 17.2. The predicted octanol–water partition coefficient (Wildman–Crippen LogP) is 2.79. The fraction of sp³-hybridized carbons (Fsp3) is 0.0500. The van der Waals surface area contributed by atoms with Crippen LogP contribution in [0.1, 0.15) is 0 Å². The maximum atomic E-state index is 12.2. The summed E-state index contributed by atoms with van der Waals surface area (Å²) in [5, 5.41) is 10.2. The van der Waals surface area contributed by atoms with Crippen molar-refractivity contribution in [3.8, 4) is 22.6 Å². The summed E-state index contributed by atoms with van der Waals surface area (Å²) in [6, 6.07) is 22.2. The summed E-state index contributed by atoms with van der Waals surface area (Å²) in [6.45, 7) is 0. The van der Waals surface area contributed by atoms with Crippen molar-refractivity contribution in [1.82, 2.24) is 0 Å². The first-order chi connectivity index (χ1) is 12.7. The molecule has 4 rings (SSSR count). The SMILES string of the molecule is O=C(CCl)O[Te]1(Oc2ccccc2O)c2ccccc2-c2ccccc21. The van der Waals surface area contributed by atoms with Crippen LogP contribution in [0.2, 0.25) is 0 Å². The van der Waals surface area contributed by atoms with Gasteiger partial charge in [0.1, 0.15) is 0 Å². The zero-order chi connectivity index (χ0) is 18.1. The average Bonchev–Trinajstić information content (AvgIpc) is 2.94. The molecule has 1 N–H and O–H groups in total. The Bertz CT molecular complexity index is 943. The van der Waals surface area contributed by atoms with Crippen molar-refractivity contribution in [3.63, 3.8) is 0 Å². The molecule has 0 radical (unpaired) electrons. The number of benzene rings is 3. The summed E-state index contributed by atoms with van der Waals surface area (Å²) >= 11 is 1.61. The van der Waals surface area contributed by atoms with Gasteiger partial charge in [-0.05, 0) is 0 Å². The van der Waals surface area contributed by atoms with Gasteiger partial charge in [0.05, 0.1) is 0 Å². The number of phenolic OH excluding ortho intramolecular Hbond substituents is 1. The van der Waals surface area contributed by atoms with Crippen LogP contribution in [0.15, 0.2) is 72.8 Å².